The third-order valence-corrected chi connectivity index (χ3v) is 4.01. The van der Waals surface area contributed by atoms with E-state index < -0.39 is 22.2 Å². The van der Waals surface area contributed by atoms with Gasteiger partial charge in [-0.3, -0.25) is 19.7 Å². The summed E-state index contributed by atoms with van der Waals surface area (Å²) in [6.07, 6.45) is 0.256. The van der Waals surface area contributed by atoms with Crippen LogP contribution in [0.1, 0.15) is 36.5 Å². The van der Waals surface area contributed by atoms with Crippen molar-refractivity contribution in [3.05, 3.63) is 45.8 Å². The van der Waals surface area contributed by atoms with Gasteiger partial charge in [-0.2, -0.15) is 0 Å². The summed E-state index contributed by atoms with van der Waals surface area (Å²) >= 11 is 0. The number of non-ortho nitro benzene ring substituents is 1. The number of aliphatic carboxylic acids is 1. The Balaban J connectivity index is 2.13. The molecule has 1 aromatic carbocycles. The van der Waals surface area contributed by atoms with Crippen LogP contribution in [0.4, 0.5) is 5.69 Å². The molecule has 10 heteroatoms. The van der Waals surface area contributed by atoms with Crippen molar-refractivity contribution < 1.29 is 19.6 Å². The average molecular weight is 361 g/mol. The molecular formula is C16H19N5O5. The number of nitrogens with zero attached hydrogens (tertiary/aromatic N) is 4. The molecule has 0 spiro atoms. The van der Waals surface area contributed by atoms with E-state index in [0.717, 1.165) is 0 Å². The maximum absolute atomic E-state index is 12.3. The molecule has 1 amide bonds. The number of rotatable bonds is 7. The molecule has 0 aliphatic rings. The number of carbonyl (C=O) groups excluding carboxylic acids is 1. The normalized spacial score (nSPS) is 11.2. The van der Waals surface area contributed by atoms with Gasteiger partial charge in [0.1, 0.15) is 0 Å². The lowest BCUT2D eigenvalue weighted by atomic mass is 9.90. The van der Waals surface area contributed by atoms with Crippen molar-refractivity contribution in [2.45, 2.75) is 27.2 Å². The molecule has 0 aliphatic carbocycles. The number of benzene rings is 1. The molecule has 0 bridgehead atoms. The zero-order valence-electron chi connectivity index (χ0n) is 14.6. The van der Waals surface area contributed by atoms with E-state index in [1.54, 1.807) is 26.8 Å². The van der Waals surface area contributed by atoms with Crippen LogP contribution in [0.5, 0.6) is 0 Å². The Kier molecular flexibility index (Phi) is 5.34. The van der Waals surface area contributed by atoms with Gasteiger partial charge in [0.05, 0.1) is 21.7 Å². The number of nitro groups is 1. The van der Waals surface area contributed by atoms with Crippen LogP contribution in [-0.2, 0) is 4.79 Å². The van der Waals surface area contributed by atoms with E-state index in [2.05, 4.69) is 15.6 Å². The summed E-state index contributed by atoms with van der Waals surface area (Å²) < 4.78 is 1.34. The standard InChI is InChI=1S/C16H19N5O5/c1-10-13(14(22)17-8-7-16(2,3)15(23)24)18-19-20(10)11-5-4-6-12(9-11)21(25)26/h4-6,9H,7-8H2,1-3H3,(H,17,22)(H,23,24). The lowest BCUT2D eigenvalue weighted by Gasteiger charge is -2.18. The first kappa shape index (κ1) is 19.0. The molecule has 1 heterocycles. The van der Waals surface area contributed by atoms with Gasteiger partial charge in [-0.25, -0.2) is 4.68 Å². The van der Waals surface area contributed by atoms with Crippen molar-refractivity contribution in [1.29, 1.82) is 0 Å². The minimum absolute atomic E-state index is 0.0737. The molecule has 138 valence electrons. The summed E-state index contributed by atoms with van der Waals surface area (Å²) in [4.78, 5) is 33.7. The molecule has 1 aromatic heterocycles. The minimum atomic E-state index is -0.955. The number of carboxylic acid groups (broad SMARTS) is 1. The highest BCUT2D eigenvalue weighted by atomic mass is 16.6. The van der Waals surface area contributed by atoms with Crippen LogP contribution in [0.2, 0.25) is 0 Å². The van der Waals surface area contributed by atoms with Gasteiger partial charge in [0.2, 0.25) is 0 Å². The number of hydrogen-bond donors (Lipinski definition) is 2. The first-order chi connectivity index (χ1) is 12.1. The van der Waals surface area contributed by atoms with Crippen LogP contribution in [0.25, 0.3) is 5.69 Å². The van der Waals surface area contributed by atoms with E-state index in [9.17, 15) is 19.7 Å². The maximum atomic E-state index is 12.3. The Bertz CT molecular complexity index is 858. The third-order valence-electron chi connectivity index (χ3n) is 4.01. The lowest BCUT2D eigenvalue weighted by molar-refractivity contribution is -0.384. The van der Waals surface area contributed by atoms with Gasteiger partial charge < -0.3 is 10.4 Å². The van der Waals surface area contributed by atoms with Gasteiger partial charge in [-0.1, -0.05) is 11.3 Å². The molecule has 0 saturated heterocycles. The molecule has 10 nitrogen and oxygen atoms in total. The second kappa shape index (κ2) is 7.30. The molecule has 0 aliphatic heterocycles. The molecule has 26 heavy (non-hydrogen) atoms. The third kappa shape index (κ3) is 4.02. The fourth-order valence-electron chi connectivity index (χ4n) is 2.20. The summed E-state index contributed by atoms with van der Waals surface area (Å²) in [6, 6.07) is 5.82. The first-order valence-electron chi connectivity index (χ1n) is 7.82. The first-order valence-corrected chi connectivity index (χ1v) is 7.82. The second-order valence-electron chi connectivity index (χ2n) is 6.41. The number of aromatic nitrogens is 3. The molecule has 0 fully saturated rings. The zero-order chi connectivity index (χ0) is 19.5. The molecule has 2 rings (SSSR count). The molecule has 0 saturated carbocycles. The fourth-order valence-corrected chi connectivity index (χ4v) is 2.20. The van der Waals surface area contributed by atoms with E-state index >= 15 is 0 Å². The van der Waals surface area contributed by atoms with Gasteiger partial charge in [0, 0.05) is 18.7 Å². The van der Waals surface area contributed by atoms with Crippen molar-refractivity contribution in [1.82, 2.24) is 20.3 Å². The molecule has 0 radical (unpaired) electrons. The summed E-state index contributed by atoms with van der Waals surface area (Å²) in [6.45, 7) is 4.94. The predicted molar refractivity (Wildman–Crippen MR) is 91.1 cm³/mol. The van der Waals surface area contributed by atoms with E-state index in [0.29, 0.717) is 11.4 Å². The highest BCUT2D eigenvalue weighted by Crippen LogP contribution is 2.20. The van der Waals surface area contributed by atoms with Gasteiger partial charge >= 0.3 is 5.97 Å². The van der Waals surface area contributed by atoms with Gasteiger partial charge in [0.15, 0.2) is 5.69 Å². The van der Waals surface area contributed by atoms with Crippen LogP contribution in [0, 0.1) is 22.5 Å². The zero-order valence-corrected chi connectivity index (χ0v) is 14.6. The number of nitro benzene ring substituents is 1. The topological polar surface area (TPSA) is 140 Å². The van der Waals surface area contributed by atoms with E-state index in [1.165, 1.54) is 22.9 Å². The quantitative estimate of drug-likeness (QED) is 0.565. The number of amides is 1. The summed E-state index contributed by atoms with van der Waals surface area (Å²) in [5.74, 6) is -1.43. The van der Waals surface area contributed by atoms with Crippen LogP contribution < -0.4 is 5.32 Å². The van der Waals surface area contributed by atoms with Gasteiger partial charge in [-0.05, 0) is 33.3 Å². The molecule has 2 N–H and O–H groups in total. The highest BCUT2D eigenvalue weighted by Gasteiger charge is 2.27. The number of nitrogens with one attached hydrogen (secondary N) is 1. The Hall–Kier alpha value is -3.30. The Labute approximate surface area is 149 Å². The molecule has 2 aromatic rings. The van der Waals surface area contributed by atoms with Crippen LogP contribution in [-0.4, -0.2) is 43.4 Å². The summed E-state index contributed by atoms with van der Waals surface area (Å²) in [5.41, 5.74) is -0.150. The number of hydrogen-bond acceptors (Lipinski definition) is 6. The number of carbonyl (C=O) groups is 2. The van der Waals surface area contributed by atoms with Crippen molar-refractivity contribution in [2.24, 2.45) is 5.41 Å². The second-order valence-corrected chi connectivity index (χ2v) is 6.41. The monoisotopic (exact) mass is 361 g/mol. The van der Waals surface area contributed by atoms with Crippen molar-refractivity contribution in [2.75, 3.05) is 6.54 Å². The average Bonchev–Trinajstić information content (AvgIpc) is 2.96. The van der Waals surface area contributed by atoms with Crippen molar-refractivity contribution in [3.8, 4) is 5.69 Å². The highest BCUT2D eigenvalue weighted by molar-refractivity contribution is 5.93. The van der Waals surface area contributed by atoms with E-state index in [-0.39, 0.29) is 24.3 Å². The minimum Gasteiger partial charge on any atom is -0.481 e. The summed E-state index contributed by atoms with van der Waals surface area (Å²) in [7, 11) is 0. The van der Waals surface area contributed by atoms with E-state index in [1.807, 2.05) is 0 Å². The Morgan fingerprint density at radius 3 is 2.69 bits per heavy atom. The Morgan fingerprint density at radius 2 is 2.08 bits per heavy atom. The van der Waals surface area contributed by atoms with Crippen molar-refractivity contribution in [3.63, 3.8) is 0 Å². The van der Waals surface area contributed by atoms with E-state index in [4.69, 9.17) is 5.11 Å². The van der Waals surface area contributed by atoms with Crippen LogP contribution in [0.15, 0.2) is 24.3 Å². The summed E-state index contributed by atoms with van der Waals surface area (Å²) in [5, 5.41) is 30.3. The maximum Gasteiger partial charge on any atom is 0.309 e. The van der Waals surface area contributed by atoms with Crippen LogP contribution >= 0.6 is 0 Å². The molecule has 0 unspecified atom stereocenters. The fraction of sp³-hybridized carbons (Fsp3) is 0.375. The van der Waals surface area contributed by atoms with Gasteiger partial charge in [0.25, 0.3) is 11.6 Å². The molecular weight excluding hydrogens is 342 g/mol. The van der Waals surface area contributed by atoms with Gasteiger partial charge in [-0.15, -0.1) is 5.10 Å². The predicted octanol–water partition coefficient (Wildman–Crippen LogP) is 1.71. The lowest BCUT2D eigenvalue weighted by Crippen LogP contribution is -2.32. The SMILES string of the molecule is Cc1c(C(=O)NCCC(C)(C)C(=O)O)nnn1-c1cccc([N+](=O)[O-])c1. The smallest absolute Gasteiger partial charge is 0.309 e. The largest absolute Gasteiger partial charge is 0.481 e. The Morgan fingerprint density at radius 1 is 1.38 bits per heavy atom. The van der Waals surface area contributed by atoms with Crippen molar-refractivity contribution >= 4 is 17.6 Å². The van der Waals surface area contributed by atoms with Crippen LogP contribution in [0.3, 0.4) is 0 Å². The molecule has 0 atom stereocenters. The number of carboxylic acids is 1.